The van der Waals surface area contributed by atoms with Crippen LogP contribution in [0.4, 0.5) is 10.5 Å². The molecule has 25 heavy (non-hydrogen) atoms. The lowest BCUT2D eigenvalue weighted by Gasteiger charge is -2.03. The zero-order valence-electron chi connectivity index (χ0n) is 13.4. The third-order valence-electron chi connectivity index (χ3n) is 3.44. The summed E-state index contributed by atoms with van der Waals surface area (Å²) in [6.45, 7) is 0. The molecule has 0 radical (unpaired) electrons. The molecule has 0 atom stereocenters. The highest BCUT2D eigenvalue weighted by Crippen LogP contribution is 2.21. The Morgan fingerprint density at radius 2 is 1.84 bits per heavy atom. The zero-order valence-corrected chi connectivity index (χ0v) is 13.4. The van der Waals surface area contributed by atoms with E-state index in [1.807, 2.05) is 12.1 Å². The van der Waals surface area contributed by atoms with E-state index in [1.54, 1.807) is 49.6 Å². The number of esters is 1. The summed E-state index contributed by atoms with van der Waals surface area (Å²) in [5, 5.41) is 2.45. The molecule has 0 unspecified atom stereocenters. The highest BCUT2D eigenvalue weighted by molar-refractivity contribution is 6.13. The van der Waals surface area contributed by atoms with Crippen molar-refractivity contribution in [3.63, 3.8) is 0 Å². The minimum Gasteiger partial charge on any atom is -0.497 e. The number of urea groups is 1. The molecule has 0 fully saturated rings. The molecule has 7 nitrogen and oxygen atoms in total. The number of cyclic esters (lactones) is 1. The van der Waals surface area contributed by atoms with Gasteiger partial charge >= 0.3 is 12.0 Å². The summed E-state index contributed by atoms with van der Waals surface area (Å²) in [6.07, 6.45) is 1.64. The van der Waals surface area contributed by atoms with E-state index in [-0.39, 0.29) is 11.6 Å². The van der Waals surface area contributed by atoms with Gasteiger partial charge < -0.3 is 20.5 Å². The molecule has 2 aromatic carbocycles. The largest absolute Gasteiger partial charge is 0.497 e. The van der Waals surface area contributed by atoms with Crippen molar-refractivity contribution >= 4 is 29.7 Å². The summed E-state index contributed by atoms with van der Waals surface area (Å²) < 4.78 is 10.3. The van der Waals surface area contributed by atoms with Crippen LogP contribution >= 0.6 is 0 Å². The molecular weight excluding hydrogens is 322 g/mol. The highest BCUT2D eigenvalue weighted by Gasteiger charge is 2.24. The highest BCUT2D eigenvalue weighted by atomic mass is 16.6. The molecular formula is C18H15N3O4. The molecule has 0 spiro atoms. The number of amides is 2. The maximum atomic E-state index is 12.0. The van der Waals surface area contributed by atoms with Crippen LogP contribution in [0, 0.1) is 0 Å². The van der Waals surface area contributed by atoms with Crippen LogP contribution in [0.5, 0.6) is 5.75 Å². The number of methoxy groups -OCH3 is 1. The number of hydrogen-bond acceptors (Lipinski definition) is 5. The Kier molecular flexibility index (Phi) is 4.47. The van der Waals surface area contributed by atoms with E-state index in [1.165, 1.54) is 0 Å². The number of rotatable bonds is 4. The number of carbonyl (C=O) groups excluding carboxylic acids is 2. The maximum absolute atomic E-state index is 12.0. The molecule has 0 aromatic heterocycles. The molecule has 2 aromatic rings. The second-order valence-corrected chi connectivity index (χ2v) is 5.18. The van der Waals surface area contributed by atoms with Crippen LogP contribution in [0.15, 0.2) is 59.2 Å². The van der Waals surface area contributed by atoms with Gasteiger partial charge in [0.05, 0.1) is 7.11 Å². The van der Waals surface area contributed by atoms with Crippen molar-refractivity contribution in [1.29, 1.82) is 0 Å². The number of nitrogens with one attached hydrogen (secondary N) is 1. The number of primary amides is 1. The van der Waals surface area contributed by atoms with Gasteiger partial charge in [-0.1, -0.05) is 12.1 Å². The molecule has 2 amide bonds. The summed E-state index contributed by atoms with van der Waals surface area (Å²) in [7, 11) is 1.59. The summed E-state index contributed by atoms with van der Waals surface area (Å²) in [5.74, 6) is 0.408. The average molecular weight is 337 g/mol. The van der Waals surface area contributed by atoms with E-state index in [0.717, 1.165) is 11.3 Å². The van der Waals surface area contributed by atoms with Crippen molar-refractivity contribution in [2.45, 2.75) is 0 Å². The summed E-state index contributed by atoms with van der Waals surface area (Å²) in [4.78, 5) is 27.0. The first-order chi connectivity index (χ1) is 12.0. The molecule has 0 saturated carbocycles. The molecule has 3 N–H and O–H groups in total. The van der Waals surface area contributed by atoms with E-state index in [9.17, 15) is 9.59 Å². The normalized spacial score (nSPS) is 14.8. The SMILES string of the molecule is COc1ccc(C=C2N=C(c3ccc(NC(N)=O)cc3)OC2=O)cc1. The van der Waals surface area contributed by atoms with E-state index in [0.29, 0.717) is 11.3 Å². The minimum absolute atomic E-state index is 0.204. The molecule has 0 bridgehead atoms. The summed E-state index contributed by atoms with van der Waals surface area (Å²) in [6, 6.07) is 13.2. The Morgan fingerprint density at radius 1 is 1.16 bits per heavy atom. The molecule has 0 aliphatic carbocycles. The Morgan fingerprint density at radius 3 is 2.44 bits per heavy atom. The van der Waals surface area contributed by atoms with Crippen LogP contribution in [0.3, 0.4) is 0 Å². The van der Waals surface area contributed by atoms with Gasteiger partial charge in [0.1, 0.15) is 5.75 Å². The number of aliphatic imine (C=N–C) groups is 1. The fraction of sp³-hybridized carbons (Fsp3) is 0.0556. The van der Waals surface area contributed by atoms with Gasteiger partial charge in [-0.15, -0.1) is 0 Å². The average Bonchev–Trinajstić information content (AvgIpc) is 2.96. The van der Waals surface area contributed by atoms with Crippen LogP contribution in [0.1, 0.15) is 11.1 Å². The monoisotopic (exact) mass is 337 g/mol. The first-order valence-corrected chi connectivity index (χ1v) is 7.38. The predicted octanol–water partition coefficient (Wildman–Crippen LogP) is 2.53. The number of anilines is 1. The van der Waals surface area contributed by atoms with Crippen LogP contribution in [0.25, 0.3) is 6.08 Å². The standard InChI is InChI=1S/C18H15N3O4/c1-24-14-8-2-11(3-9-14)10-15-17(22)25-16(21-15)12-4-6-13(7-5-12)20-18(19)23/h2-10H,1H3,(H3,19,20,23). The fourth-order valence-electron chi connectivity index (χ4n) is 2.23. The summed E-state index contributed by atoms with van der Waals surface area (Å²) >= 11 is 0. The van der Waals surface area contributed by atoms with Gasteiger partial charge in [-0.05, 0) is 48.0 Å². The van der Waals surface area contributed by atoms with Gasteiger partial charge in [-0.3, -0.25) is 0 Å². The van der Waals surface area contributed by atoms with Gasteiger partial charge in [-0.25, -0.2) is 14.6 Å². The van der Waals surface area contributed by atoms with Crippen molar-refractivity contribution in [2.75, 3.05) is 12.4 Å². The number of hydrogen-bond donors (Lipinski definition) is 2. The smallest absolute Gasteiger partial charge is 0.363 e. The molecule has 1 aliphatic heterocycles. The third kappa shape index (κ3) is 3.84. The fourth-order valence-corrected chi connectivity index (χ4v) is 2.23. The molecule has 1 aliphatic rings. The molecule has 7 heteroatoms. The lowest BCUT2D eigenvalue weighted by molar-refractivity contribution is -0.129. The molecule has 3 rings (SSSR count). The van der Waals surface area contributed by atoms with Gasteiger partial charge in [0, 0.05) is 11.3 Å². The van der Waals surface area contributed by atoms with Crippen molar-refractivity contribution in [2.24, 2.45) is 10.7 Å². The molecule has 1 heterocycles. The van der Waals surface area contributed by atoms with E-state index >= 15 is 0 Å². The minimum atomic E-state index is -0.651. The summed E-state index contributed by atoms with van der Waals surface area (Å²) in [5.41, 5.74) is 7.22. The first-order valence-electron chi connectivity index (χ1n) is 7.38. The quantitative estimate of drug-likeness (QED) is 0.661. The number of carbonyl (C=O) groups is 2. The molecule has 126 valence electrons. The lowest BCUT2D eigenvalue weighted by Crippen LogP contribution is -2.19. The Labute approximate surface area is 143 Å². The van der Waals surface area contributed by atoms with Crippen LogP contribution in [-0.4, -0.2) is 25.0 Å². The lowest BCUT2D eigenvalue weighted by atomic mass is 10.2. The maximum Gasteiger partial charge on any atom is 0.363 e. The van der Waals surface area contributed by atoms with Gasteiger partial charge in [0.25, 0.3) is 0 Å². The van der Waals surface area contributed by atoms with Gasteiger partial charge in [0.2, 0.25) is 5.90 Å². The topological polar surface area (TPSA) is 103 Å². The number of ether oxygens (including phenoxy) is 2. The van der Waals surface area contributed by atoms with Gasteiger partial charge in [-0.2, -0.15) is 0 Å². The van der Waals surface area contributed by atoms with Gasteiger partial charge in [0.15, 0.2) is 5.70 Å². The predicted molar refractivity (Wildman–Crippen MR) is 93.2 cm³/mol. The first kappa shape index (κ1) is 16.3. The van der Waals surface area contributed by atoms with E-state index < -0.39 is 12.0 Å². The molecule has 0 saturated heterocycles. The van der Waals surface area contributed by atoms with Crippen LogP contribution in [0.2, 0.25) is 0 Å². The third-order valence-corrected chi connectivity index (χ3v) is 3.44. The number of nitrogens with zero attached hydrogens (tertiary/aromatic N) is 1. The second kappa shape index (κ2) is 6.88. The number of benzene rings is 2. The van der Waals surface area contributed by atoms with E-state index in [4.69, 9.17) is 15.2 Å². The Balaban J connectivity index is 1.81. The van der Waals surface area contributed by atoms with Crippen molar-refractivity contribution in [3.05, 3.63) is 65.4 Å². The van der Waals surface area contributed by atoms with Crippen molar-refractivity contribution in [3.8, 4) is 5.75 Å². The second-order valence-electron chi connectivity index (χ2n) is 5.18. The van der Waals surface area contributed by atoms with Crippen LogP contribution in [-0.2, 0) is 9.53 Å². The zero-order chi connectivity index (χ0) is 17.8. The number of nitrogens with two attached hydrogens (primary N) is 1. The van der Waals surface area contributed by atoms with Crippen LogP contribution < -0.4 is 15.8 Å². The Bertz CT molecular complexity index is 868. The van der Waals surface area contributed by atoms with Crippen molar-refractivity contribution < 1.29 is 19.1 Å². The van der Waals surface area contributed by atoms with E-state index in [2.05, 4.69) is 10.3 Å². The Hall–Kier alpha value is -3.61. The van der Waals surface area contributed by atoms with Crippen molar-refractivity contribution in [1.82, 2.24) is 0 Å².